The number of phenols is 1. The molecule has 3 aromatic rings. The Morgan fingerprint density at radius 3 is 2.64 bits per heavy atom. The normalized spacial score (nSPS) is 11.6. The van der Waals surface area contributed by atoms with Crippen LogP contribution in [0.3, 0.4) is 0 Å². The number of anilines is 1. The van der Waals surface area contributed by atoms with Crippen molar-refractivity contribution in [2.24, 2.45) is 0 Å². The summed E-state index contributed by atoms with van der Waals surface area (Å²) in [6.07, 6.45) is -4.75. The second-order valence-electron chi connectivity index (χ2n) is 5.59. The Labute approximate surface area is 162 Å². The summed E-state index contributed by atoms with van der Waals surface area (Å²) in [6, 6.07) is 3.70. The van der Waals surface area contributed by atoms with E-state index < -0.39 is 39.8 Å². The Hall–Kier alpha value is -3.22. The first kappa shape index (κ1) is 19.5. The molecule has 3 rings (SSSR count). The summed E-state index contributed by atoms with van der Waals surface area (Å²) in [7, 11) is 0. The van der Waals surface area contributed by atoms with Crippen LogP contribution in [0.25, 0.3) is 5.65 Å². The maximum absolute atomic E-state index is 13.3. The van der Waals surface area contributed by atoms with Gasteiger partial charge in [-0.2, -0.15) is 18.3 Å². The van der Waals surface area contributed by atoms with Gasteiger partial charge in [0.05, 0.1) is 15.1 Å². The molecule has 0 atom stereocenters. The predicted molar refractivity (Wildman–Crippen MR) is 93.1 cm³/mol. The average Bonchev–Trinajstić information content (AvgIpc) is 2.92. The van der Waals surface area contributed by atoms with Gasteiger partial charge in [0.15, 0.2) is 11.3 Å². The van der Waals surface area contributed by atoms with Crippen molar-refractivity contribution in [3.63, 3.8) is 0 Å². The number of phenolic OH excluding ortho intramolecular Hbond substituents is 1. The number of hydrogen-bond donors (Lipinski definition) is 2. The zero-order valence-electron chi connectivity index (χ0n) is 13.8. The van der Waals surface area contributed by atoms with Gasteiger partial charge in [-0.1, -0.05) is 0 Å². The number of nitrogens with one attached hydrogen (secondary N) is 1. The van der Waals surface area contributed by atoms with Crippen LogP contribution < -0.4 is 5.32 Å². The molecular formula is C15H9BrF3N5O4. The summed E-state index contributed by atoms with van der Waals surface area (Å²) < 4.78 is 40.1. The minimum atomic E-state index is -4.75. The smallest absolute Gasteiger partial charge is 0.433 e. The molecule has 0 aliphatic heterocycles. The van der Waals surface area contributed by atoms with Gasteiger partial charge in [0.1, 0.15) is 11.4 Å². The molecule has 0 aliphatic carbocycles. The molecule has 0 saturated heterocycles. The van der Waals surface area contributed by atoms with E-state index in [0.717, 1.165) is 24.3 Å². The molecular weight excluding hydrogens is 451 g/mol. The highest BCUT2D eigenvalue weighted by atomic mass is 79.9. The molecule has 2 heterocycles. The van der Waals surface area contributed by atoms with Gasteiger partial charge in [-0.05, 0) is 35.0 Å². The van der Waals surface area contributed by atoms with Crippen LogP contribution in [0.5, 0.6) is 5.75 Å². The second-order valence-corrected chi connectivity index (χ2v) is 6.38. The van der Waals surface area contributed by atoms with E-state index in [4.69, 9.17) is 0 Å². The van der Waals surface area contributed by atoms with Crippen molar-refractivity contribution in [1.29, 1.82) is 0 Å². The molecule has 1 amide bonds. The third-order valence-corrected chi connectivity index (χ3v) is 4.34. The van der Waals surface area contributed by atoms with Crippen molar-refractivity contribution in [3.05, 3.63) is 55.9 Å². The van der Waals surface area contributed by atoms with E-state index in [9.17, 15) is 33.2 Å². The molecule has 13 heteroatoms. The SMILES string of the molecule is Cc1cc(C(F)(F)F)n2nc(C(=O)Nc3cc([N+](=O)[O-])ccc3O)c(Br)c2n1. The number of aryl methyl sites for hydroxylation is 1. The number of aromatic nitrogens is 3. The predicted octanol–water partition coefficient (Wildman–Crippen LogP) is 3.69. The molecule has 0 unspecified atom stereocenters. The molecule has 0 aliphatic rings. The topological polar surface area (TPSA) is 123 Å². The molecule has 2 N–H and O–H groups in total. The number of amides is 1. The van der Waals surface area contributed by atoms with Gasteiger partial charge in [0.25, 0.3) is 11.6 Å². The lowest BCUT2D eigenvalue weighted by Gasteiger charge is -2.09. The zero-order valence-corrected chi connectivity index (χ0v) is 15.4. The van der Waals surface area contributed by atoms with E-state index in [1.807, 2.05) is 0 Å². The van der Waals surface area contributed by atoms with Gasteiger partial charge in [-0.3, -0.25) is 14.9 Å². The second kappa shape index (κ2) is 6.74. The van der Waals surface area contributed by atoms with Crippen molar-refractivity contribution in [3.8, 4) is 5.75 Å². The number of nitrogens with zero attached hydrogens (tertiary/aromatic N) is 4. The van der Waals surface area contributed by atoms with Gasteiger partial charge < -0.3 is 10.4 Å². The fourth-order valence-electron chi connectivity index (χ4n) is 2.38. The lowest BCUT2D eigenvalue weighted by atomic mass is 10.2. The highest BCUT2D eigenvalue weighted by Crippen LogP contribution is 2.33. The molecule has 0 radical (unpaired) electrons. The molecule has 9 nitrogen and oxygen atoms in total. The Morgan fingerprint density at radius 1 is 1.36 bits per heavy atom. The number of alkyl halides is 3. The minimum Gasteiger partial charge on any atom is -0.506 e. The largest absolute Gasteiger partial charge is 0.506 e. The van der Waals surface area contributed by atoms with Gasteiger partial charge in [0, 0.05) is 17.8 Å². The van der Waals surface area contributed by atoms with Crippen LogP contribution in [-0.2, 0) is 6.18 Å². The zero-order chi connectivity index (χ0) is 20.8. The Kier molecular flexibility index (Phi) is 4.71. The van der Waals surface area contributed by atoms with Crippen molar-refractivity contribution in [2.75, 3.05) is 5.32 Å². The number of nitro benzene ring substituents is 1. The Balaban J connectivity index is 2.07. The van der Waals surface area contributed by atoms with Gasteiger partial charge in [-0.15, -0.1) is 0 Å². The van der Waals surface area contributed by atoms with Gasteiger partial charge in [-0.25, -0.2) is 9.50 Å². The Morgan fingerprint density at radius 2 is 2.04 bits per heavy atom. The van der Waals surface area contributed by atoms with Gasteiger partial charge in [0.2, 0.25) is 0 Å². The fourth-order valence-corrected chi connectivity index (χ4v) is 2.90. The lowest BCUT2D eigenvalue weighted by Crippen LogP contribution is -2.16. The molecule has 2 aromatic heterocycles. The first-order valence-corrected chi connectivity index (χ1v) is 8.20. The van der Waals surface area contributed by atoms with E-state index in [1.54, 1.807) is 0 Å². The summed E-state index contributed by atoms with van der Waals surface area (Å²) in [6.45, 7) is 1.36. The number of carbonyl (C=O) groups is 1. The van der Waals surface area contributed by atoms with E-state index in [0.29, 0.717) is 4.52 Å². The highest BCUT2D eigenvalue weighted by molar-refractivity contribution is 9.10. The molecule has 1 aromatic carbocycles. The Bertz CT molecular complexity index is 1130. The number of fused-ring (bicyclic) bond motifs is 1. The van der Waals surface area contributed by atoms with E-state index in [1.165, 1.54) is 6.92 Å². The molecule has 0 spiro atoms. The maximum Gasteiger partial charge on any atom is 0.433 e. The summed E-state index contributed by atoms with van der Waals surface area (Å²) in [5, 5.41) is 26.5. The number of non-ortho nitro benzene ring substituents is 1. The molecule has 146 valence electrons. The van der Waals surface area contributed by atoms with Crippen molar-refractivity contribution in [2.45, 2.75) is 13.1 Å². The summed E-state index contributed by atoms with van der Waals surface area (Å²) in [4.78, 5) is 26.5. The standard InChI is InChI=1S/C15H9BrF3N5O4/c1-6-4-10(15(17,18)19)23-13(20-6)11(16)12(22-23)14(26)21-8-5-7(24(27)28)2-3-9(8)25/h2-5,25H,1H3,(H,21,26). The van der Waals surface area contributed by atoms with Crippen LogP contribution >= 0.6 is 15.9 Å². The fraction of sp³-hybridized carbons (Fsp3) is 0.133. The van der Waals surface area contributed by atoms with Crippen LogP contribution in [0.15, 0.2) is 28.7 Å². The quantitative estimate of drug-likeness (QED) is 0.349. The lowest BCUT2D eigenvalue weighted by molar-refractivity contribution is -0.384. The minimum absolute atomic E-state index is 0.0590. The number of halogens is 4. The number of carbonyl (C=O) groups excluding carboxylic acids is 1. The van der Waals surface area contributed by atoms with Crippen LogP contribution in [0.1, 0.15) is 21.9 Å². The first-order valence-electron chi connectivity index (χ1n) is 7.41. The summed E-state index contributed by atoms with van der Waals surface area (Å²) in [5.41, 5.74) is -2.46. The molecule has 0 bridgehead atoms. The van der Waals surface area contributed by atoms with Crippen molar-refractivity contribution < 1.29 is 28.0 Å². The number of benzene rings is 1. The van der Waals surface area contributed by atoms with E-state index >= 15 is 0 Å². The van der Waals surface area contributed by atoms with Crippen molar-refractivity contribution >= 4 is 38.9 Å². The van der Waals surface area contributed by atoms with E-state index in [-0.39, 0.29) is 21.5 Å². The number of nitro groups is 1. The third kappa shape index (κ3) is 3.47. The van der Waals surface area contributed by atoms with E-state index in [2.05, 4.69) is 31.3 Å². The maximum atomic E-state index is 13.3. The third-order valence-electron chi connectivity index (χ3n) is 3.61. The number of aromatic hydroxyl groups is 1. The van der Waals surface area contributed by atoms with Crippen molar-refractivity contribution in [1.82, 2.24) is 14.6 Å². The van der Waals surface area contributed by atoms with Crippen LogP contribution in [0.4, 0.5) is 24.5 Å². The molecule has 0 saturated carbocycles. The van der Waals surface area contributed by atoms with Gasteiger partial charge >= 0.3 is 6.18 Å². The molecule has 0 fully saturated rings. The van der Waals surface area contributed by atoms with Crippen LogP contribution in [0.2, 0.25) is 0 Å². The van der Waals surface area contributed by atoms with Crippen LogP contribution in [-0.4, -0.2) is 30.5 Å². The summed E-state index contributed by atoms with van der Waals surface area (Å²) >= 11 is 3.01. The summed E-state index contributed by atoms with van der Waals surface area (Å²) in [5.74, 6) is -1.47. The first-order chi connectivity index (χ1) is 13.0. The number of rotatable bonds is 3. The number of hydrogen-bond acceptors (Lipinski definition) is 6. The molecule has 28 heavy (non-hydrogen) atoms. The average molecular weight is 460 g/mol. The van der Waals surface area contributed by atoms with Crippen LogP contribution in [0, 0.1) is 17.0 Å². The highest BCUT2D eigenvalue weighted by Gasteiger charge is 2.36. The monoisotopic (exact) mass is 459 g/mol.